The van der Waals surface area contributed by atoms with Crippen molar-refractivity contribution in [3.05, 3.63) is 52.2 Å². The fourth-order valence-corrected chi connectivity index (χ4v) is 3.48. The van der Waals surface area contributed by atoms with E-state index in [1.165, 1.54) is 28.0 Å². The van der Waals surface area contributed by atoms with Gasteiger partial charge in [0.05, 0.1) is 11.4 Å². The summed E-state index contributed by atoms with van der Waals surface area (Å²) in [5, 5.41) is 4.40. The lowest BCUT2D eigenvalue weighted by molar-refractivity contribution is 0.156. The Morgan fingerprint density at radius 3 is 2.41 bits per heavy atom. The number of aryl methyl sites for hydroxylation is 2. The molecule has 1 aromatic rings. The average Bonchev–Trinajstić information content (AvgIpc) is 2.62. The number of hydrogen-bond donors (Lipinski definition) is 0. The molecule has 0 amide bonds. The van der Waals surface area contributed by atoms with Crippen molar-refractivity contribution < 1.29 is 0 Å². The lowest BCUT2D eigenvalue weighted by Crippen LogP contribution is -2.40. The Bertz CT molecular complexity index is 756. The molecule has 1 aromatic carbocycles. The van der Waals surface area contributed by atoms with E-state index in [0.29, 0.717) is 0 Å². The quantitative estimate of drug-likeness (QED) is 0.397. The lowest BCUT2D eigenvalue weighted by atomic mass is 9.94. The number of nitrogens with zero attached hydrogens (tertiary/aromatic N) is 4. The molecule has 148 valence electrons. The molecule has 0 aromatic heterocycles. The average molecular weight is 369 g/mol. The summed E-state index contributed by atoms with van der Waals surface area (Å²) in [6.45, 7) is 9.59. The number of rotatable bonds is 6. The minimum atomic E-state index is 0.988. The van der Waals surface area contributed by atoms with Crippen LogP contribution < -0.4 is 0 Å². The molecular weight excluding hydrogens is 332 g/mol. The molecule has 0 fully saturated rings. The summed E-state index contributed by atoms with van der Waals surface area (Å²) in [4.78, 5) is 7.15. The van der Waals surface area contributed by atoms with Gasteiger partial charge in [-0.05, 0) is 83.0 Å². The number of aliphatic imine (C=N–C) groups is 1. The molecule has 0 aliphatic heterocycles. The molecule has 4 nitrogen and oxygen atoms in total. The van der Waals surface area contributed by atoms with Gasteiger partial charge in [0.25, 0.3) is 0 Å². The number of benzene rings is 1. The van der Waals surface area contributed by atoms with Crippen LogP contribution in [0.3, 0.4) is 0 Å². The molecule has 0 N–H and O–H groups in total. The van der Waals surface area contributed by atoms with Crippen LogP contribution in [0.1, 0.15) is 44.2 Å². The predicted molar refractivity (Wildman–Crippen MR) is 117 cm³/mol. The van der Waals surface area contributed by atoms with Crippen molar-refractivity contribution in [1.82, 2.24) is 14.9 Å². The predicted octanol–water partition coefficient (Wildman–Crippen LogP) is 5.08. The van der Waals surface area contributed by atoms with Crippen molar-refractivity contribution in [2.75, 3.05) is 34.7 Å². The van der Waals surface area contributed by atoms with Crippen LogP contribution in [0.15, 0.2) is 46.1 Å². The maximum atomic E-state index is 4.90. The minimum absolute atomic E-state index is 0.988. The number of amidine groups is 1. The van der Waals surface area contributed by atoms with Gasteiger partial charge in [0.1, 0.15) is 5.84 Å². The van der Waals surface area contributed by atoms with E-state index in [1.54, 1.807) is 0 Å². The van der Waals surface area contributed by atoms with Crippen LogP contribution in [0.5, 0.6) is 0 Å². The Labute approximate surface area is 165 Å². The SMILES string of the molecule is CCC1=C(N(C)N(C)C(C)=Nc2cc(C)ccc2C)C=C(CN(C)C)CC1. The van der Waals surface area contributed by atoms with Crippen molar-refractivity contribution in [3.63, 3.8) is 0 Å². The summed E-state index contributed by atoms with van der Waals surface area (Å²) in [6, 6.07) is 6.43. The number of likely N-dealkylation sites (N-methyl/N-ethyl adjacent to an activating group) is 2. The van der Waals surface area contributed by atoms with Crippen LogP contribution in [-0.2, 0) is 0 Å². The summed E-state index contributed by atoms with van der Waals surface area (Å²) in [6.07, 6.45) is 5.78. The van der Waals surface area contributed by atoms with Gasteiger partial charge in [0.2, 0.25) is 0 Å². The highest BCUT2D eigenvalue weighted by Gasteiger charge is 2.19. The van der Waals surface area contributed by atoms with Crippen LogP contribution in [0.25, 0.3) is 0 Å². The number of hydrogen-bond acceptors (Lipinski definition) is 3. The minimum Gasteiger partial charge on any atom is -0.305 e. The third kappa shape index (κ3) is 5.46. The molecule has 27 heavy (non-hydrogen) atoms. The van der Waals surface area contributed by atoms with E-state index in [2.05, 4.69) is 95.1 Å². The molecular formula is C23H36N4. The monoisotopic (exact) mass is 368 g/mol. The topological polar surface area (TPSA) is 22.1 Å². The Morgan fingerprint density at radius 2 is 1.78 bits per heavy atom. The van der Waals surface area contributed by atoms with Gasteiger partial charge in [-0.2, -0.15) is 0 Å². The van der Waals surface area contributed by atoms with Crippen LogP contribution in [-0.4, -0.2) is 55.5 Å². The van der Waals surface area contributed by atoms with Gasteiger partial charge in [0, 0.05) is 20.6 Å². The molecule has 2 rings (SSSR count). The molecule has 0 heterocycles. The van der Waals surface area contributed by atoms with Crippen LogP contribution in [0.2, 0.25) is 0 Å². The van der Waals surface area contributed by atoms with Crippen LogP contribution in [0.4, 0.5) is 5.69 Å². The highest BCUT2D eigenvalue weighted by molar-refractivity contribution is 5.82. The maximum Gasteiger partial charge on any atom is 0.120 e. The fraction of sp³-hybridized carbons (Fsp3) is 0.522. The van der Waals surface area contributed by atoms with E-state index >= 15 is 0 Å². The van der Waals surface area contributed by atoms with Crippen LogP contribution >= 0.6 is 0 Å². The molecule has 0 saturated carbocycles. The first-order valence-electron chi connectivity index (χ1n) is 9.89. The zero-order valence-corrected chi connectivity index (χ0v) is 18.4. The van der Waals surface area contributed by atoms with E-state index < -0.39 is 0 Å². The van der Waals surface area contributed by atoms with E-state index in [4.69, 9.17) is 4.99 Å². The van der Waals surface area contributed by atoms with E-state index in [-0.39, 0.29) is 0 Å². The number of hydrazine groups is 1. The zero-order chi connectivity index (χ0) is 20.1. The summed E-state index contributed by atoms with van der Waals surface area (Å²) in [7, 11) is 8.51. The fourth-order valence-electron chi connectivity index (χ4n) is 3.48. The van der Waals surface area contributed by atoms with Gasteiger partial charge in [-0.25, -0.2) is 4.99 Å². The van der Waals surface area contributed by atoms with Crippen molar-refractivity contribution in [2.45, 2.75) is 47.0 Å². The van der Waals surface area contributed by atoms with Gasteiger partial charge in [-0.3, -0.25) is 10.0 Å². The lowest BCUT2D eigenvalue weighted by Gasteiger charge is -2.36. The standard InChI is InChI=1S/C23H36N4/c1-9-21-13-12-20(16-25(5)6)15-23(21)27(8)26(7)19(4)24-22-14-17(2)10-11-18(22)3/h10-11,14-15H,9,12-13,16H2,1-8H3. The molecule has 0 spiro atoms. The Morgan fingerprint density at radius 1 is 1.07 bits per heavy atom. The highest BCUT2D eigenvalue weighted by Crippen LogP contribution is 2.29. The van der Waals surface area contributed by atoms with E-state index in [0.717, 1.165) is 37.3 Å². The molecule has 4 heteroatoms. The van der Waals surface area contributed by atoms with E-state index in [9.17, 15) is 0 Å². The second kappa shape index (κ2) is 9.23. The smallest absolute Gasteiger partial charge is 0.120 e. The second-order valence-electron chi connectivity index (χ2n) is 7.88. The van der Waals surface area contributed by atoms with Crippen LogP contribution in [0, 0.1) is 13.8 Å². The van der Waals surface area contributed by atoms with E-state index in [1.807, 2.05) is 0 Å². The first-order chi connectivity index (χ1) is 12.7. The van der Waals surface area contributed by atoms with Gasteiger partial charge >= 0.3 is 0 Å². The second-order valence-corrected chi connectivity index (χ2v) is 7.88. The van der Waals surface area contributed by atoms with Crippen molar-refractivity contribution in [2.24, 2.45) is 4.99 Å². The first-order valence-corrected chi connectivity index (χ1v) is 9.89. The largest absolute Gasteiger partial charge is 0.305 e. The molecule has 1 aliphatic rings. The van der Waals surface area contributed by atoms with Gasteiger partial charge in [0.15, 0.2) is 0 Å². The zero-order valence-electron chi connectivity index (χ0n) is 18.4. The molecule has 0 saturated heterocycles. The Hall–Kier alpha value is -2.07. The van der Waals surface area contributed by atoms with Crippen molar-refractivity contribution in [1.29, 1.82) is 0 Å². The first kappa shape index (κ1) is 21.2. The molecule has 0 unspecified atom stereocenters. The van der Waals surface area contributed by atoms with Gasteiger partial charge in [-0.15, -0.1) is 0 Å². The molecule has 0 atom stereocenters. The molecule has 0 radical (unpaired) electrons. The van der Waals surface area contributed by atoms with Gasteiger partial charge < -0.3 is 4.90 Å². The maximum absolute atomic E-state index is 4.90. The third-order valence-corrected chi connectivity index (χ3v) is 5.31. The Balaban J connectivity index is 2.29. The third-order valence-electron chi connectivity index (χ3n) is 5.31. The summed E-state index contributed by atoms with van der Waals surface area (Å²) >= 11 is 0. The highest BCUT2D eigenvalue weighted by atomic mass is 15.6. The normalized spacial score (nSPS) is 15.3. The summed E-state index contributed by atoms with van der Waals surface area (Å²) in [5.74, 6) is 0.988. The van der Waals surface area contributed by atoms with Gasteiger partial charge in [-0.1, -0.05) is 24.6 Å². The Kier molecular flexibility index (Phi) is 7.25. The summed E-state index contributed by atoms with van der Waals surface area (Å²) in [5.41, 5.74) is 7.82. The van der Waals surface area contributed by atoms with Crippen molar-refractivity contribution in [3.8, 4) is 0 Å². The molecule has 0 bridgehead atoms. The molecule has 1 aliphatic carbocycles. The number of allylic oxidation sites excluding steroid dienone is 2. The van der Waals surface area contributed by atoms with Crippen molar-refractivity contribution >= 4 is 11.5 Å². The summed E-state index contributed by atoms with van der Waals surface area (Å²) < 4.78 is 0.